The summed E-state index contributed by atoms with van der Waals surface area (Å²) in [5.74, 6) is -0.943. The molecule has 2 aromatic rings. The first-order valence-electron chi connectivity index (χ1n) is 6.93. The largest absolute Gasteiger partial charge is 0.478 e. The molecule has 0 radical (unpaired) electrons. The number of hydrogen-bond acceptors (Lipinski definition) is 3. The number of nitrogens with zero attached hydrogens (tertiary/aromatic N) is 2. The van der Waals surface area contributed by atoms with E-state index in [1.807, 2.05) is 10.6 Å². The fourth-order valence-corrected chi connectivity index (χ4v) is 3.27. The number of carboxylic acids is 1. The Bertz CT molecular complexity index is 642. The summed E-state index contributed by atoms with van der Waals surface area (Å²) in [6, 6.07) is 5.13. The van der Waals surface area contributed by atoms with Crippen molar-refractivity contribution in [1.29, 1.82) is 0 Å². The van der Waals surface area contributed by atoms with Crippen LogP contribution < -0.4 is 0 Å². The molecule has 0 amide bonds. The second kappa shape index (κ2) is 4.90. The number of aliphatic hydroxyl groups is 1. The predicted octanol–water partition coefficient (Wildman–Crippen LogP) is 2.29. The summed E-state index contributed by atoms with van der Waals surface area (Å²) in [6.45, 7) is 0.770. The lowest BCUT2D eigenvalue weighted by atomic mass is 9.87. The second-order valence-electron chi connectivity index (χ2n) is 5.72. The van der Waals surface area contributed by atoms with E-state index in [4.69, 9.17) is 0 Å². The summed E-state index contributed by atoms with van der Waals surface area (Å²) in [5.41, 5.74) is 1.49. The Balaban J connectivity index is 2.06. The maximum atomic E-state index is 11.4. The van der Waals surface area contributed by atoms with Crippen molar-refractivity contribution in [2.75, 3.05) is 6.61 Å². The van der Waals surface area contributed by atoms with E-state index in [9.17, 15) is 15.0 Å². The first kappa shape index (κ1) is 13.1. The Morgan fingerprint density at radius 2 is 2.10 bits per heavy atom. The SMILES string of the molecule is O=C(O)c1cccc2ncn(CC3(CO)CCCC3)c12. The summed E-state index contributed by atoms with van der Waals surface area (Å²) in [4.78, 5) is 15.6. The maximum Gasteiger partial charge on any atom is 0.337 e. The Morgan fingerprint density at radius 3 is 2.75 bits per heavy atom. The van der Waals surface area contributed by atoms with Gasteiger partial charge in [-0.25, -0.2) is 9.78 Å². The molecule has 3 rings (SSSR count). The molecule has 0 spiro atoms. The number of carboxylic acid groups (broad SMARTS) is 1. The van der Waals surface area contributed by atoms with Crippen molar-refractivity contribution in [3.05, 3.63) is 30.1 Å². The number of aliphatic hydroxyl groups excluding tert-OH is 1. The van der Waals surface area contributed by atoms with Crippen LogP contribution in [0.3, 0.4) is 0 Å². The van der Waals surface area contributed by atoms with Crippen LogP contribution in [0.2, 0.25) is 0 Å². The molecular formula is C15H18N2O3. The van der Waals surface area contributed by atoms with Crippen LogP contribution in [0, 0.1) is 5.41 Å². The van der Waals surface area contributed by atoms with Crippen LogP contribution in [0.15, 0.2) is 24.5 Å². The number of carbonyl (C=O) groups is 1. The number of rotatable bonds is 4. The van der Waals surface area contributed by atoms with E-state index in [0.29, 0.717) is 17.6 Å². The van der Waals surface area contributed by atoms with Crippen molar-refractivity contribution in [2.24, 2.45) is 5.41 Å². The highest BCUT2D eigenvalue weighted by molar-refractivity contribution is 6.01. The van der Waals surface area contributed by atoms with E-state index >= 15 is 0 Å². The zero-order valence-corrected chi connectivity index (χ0v) is 11.2. The molecule has 106 valence electrons. The Morgan fingerprint density at radius 1 is 1.35 bits per heavy atom. The summed E-state index contributed by atoms with van der Waals surface area (Å²) in [5, 5.41) is 19.0. The second-order valence-corrected chi connectivity index (χ2v) is 5.72. The van der Waals surface area contributed by atoms with Crippen molar-refractivity contribution >= 4 is 17.0 Å². The molecule has 20 heavy (non-hydrogen) atoms. The highest BCUT2D eigenvalue weighted by Gasteiger charge is 2.34. The normalized spacial score (nSPS) is 17.6. The third-order valence-corrected chi connectivity index (χ3v) is 4.37. The molecule has 1 aliphatic rings. The van der Waals surface area contributed by atoms with Gasteiger partial charge in [-0.05, 0) is 25.0 Å². The predicted molar refractivity (Wildman–Crippen MR) is 74.7 cm³/mol. The maximum absolute atomic E-state index is 11.4. The van der Waals surface area contributed by atoms with Gasteiger partial charge in [0.05, 0.1) is 29.5 Å². The molecule has 1 aliphatic carbocycles. The monoisotopic (exact) mass is 274 g/mol. The van der Waals surface area contributed by atoms with Crippen molar-refractivity contribution in [3.63, 3.8) is 0 Å². The third-order valence-electron chi connectivity index (χ3n) is 4.37. The van der Waals surface area contributed by atoms with Gasteiger partial charge in [-0.1, -0.05) is 18.9 Å². The van der Waals surface area contributed by atoms with E-state index in [1.165, 1.54) is 0 Å². The van der Waals surface area contributed by atoms with Gasteiger partial charge in [0.1, 0.15) is 0 Å². The van der Waals surface area contributed by atoms with Gasteiger partial charge in [-0.2, -0.15) is 0 Å². The van der Waals surface area contributed by atoms with Crippen LogP contribution in [0.5, 0.6) is 0 Å². The van der Waals surface area contributed by atoms with Crippen LogP contribution in [-0.2, 0) is 6.54 Å². The molecule has 1 aromatic carbocycles. The fraction of sp³-hybridized carbons (Fsp3) is 0.467. The molecule has 2 N–H and O–H groups in total. The van der Waals surface area contributed by atoms with Crippen LogP contribution >= 0.6 is 0 Å². The van der Waals surface area contributed by atoms with E-state index in [1.54, 1.807) is 18.5 Å². The Kier molecular flexibility index (Phi) is 3.22. The Hall–Kier alpha value is -1.88. The average Bonchev–Trinajstić information content (AvgIpc) is 3.07. The molecule has 0 unspecified atom stereocenters. The molecule has 5 nitrogen and oxygen atoms in total. The molecule has 0 bridgehead atoms. The van der Waals surface area contributed by atoms with Crippen LogP contribution in [0.25, 0.3) is 11.0 Å². The summed E-state index contributed by atoms with van der Waals surface area (Å²) >= 11 is 0. The van der Waals surface area contributed by atoms with Gasteiger partial charge in [-0.15, -0.1) is 0 Å². The van der Waals surface area contributed by atoms with Crippen molar-refractivity contribution < 1.29 is 15.0 Å². The lowest BCUT2D eigenvalue weighted by Gasteiger charge is -2.27. The summed E-state index contributed by atoms with van der Waals surface area (Å²) in [6.07, 6.45) is 5.90. The van der Waals surface area contributed by atoms with E-state index in [2.05, 4.69) is 4.98 Å². The number of fused-ring (bicyclic) bond motifs is 1. The third kappa shape index (κ3) is 2.08. The van der Waals surface area contributed by atoms with E-state index < -0.39 is 5.97 Å². The minimum absolute atomic E-state index is 0.126. The first-order chi connectivity index (χ1) is 9.65. The molecular weight excluding hydrogens is 256 g/mol. The van der Waals surface area contributed by atoms with Crippen LogP contribution in [-0.4, -0.2) is 32.3 Å². The number of benzene rings is 1. The molecule has 1 saturated carbocycles. The zero-order chi connectivity index (χ0) is 14.2. The minimum Gasteiger partial charge on any atom is -0.478 e. The quantitative estimate of drug-likeness (QED) is 0.897. The van der Waals surface area contributed by atoms with Gasteiger partial charge >= 0.3 is 5.97 Å². The van der Waals surface area contributed by atoms with Gasteiger partial charge < -0.3 is 14.8 Å². The van der Waals surface area contributed by atoms with Crippen LogP contribution in [0.1, 0.15) is 36.0 Å². The molecule has 0 saturated heterocycles. The average molecular weight is 274 g/mol. The van der Waals surface area contributed by atoms with Gasteiger partial charge in [-0.3, -0.25) is 0 Å². The number of para-hydroxylation sites is 1. The van der Waals surface area contributed by atoms with Gasteiger partial charge in [0, 0.05) is 12.0 Å². The highest BCUT2D eigenvalue weighted by atomic mass is 16.4. The molecule has 1 fully saturated rings. The van der Waals surface area contributed by atoms with Crippen molar-refractivity contribution in [2.45, 2.75) is 32.2 Å². The molecule has 0 atom stereocenters. The van der Waals surface area contributed by atoms with Gasteiger partial charge in [0.15, 0.2) is 0 Å². The number of imidazole rings is 1. The lowest BCUT2D eigenvalue weighted by molar-refractivity contribution is 0.0698. The van der Waals surface area contributed by atoms with E-state index in [0.717, 1.165) is 25.7 Å². The standard InChI is InChI=1S/C15H18N2O3/c18-9-15(6-1-2-7-15)8-17-10-16-12-5-3-4-11(13(12)17)14(19)20/h3-5,10,18H,1-2,6-9H2,(H,19,20). The highest BCUT2D eigenvalue weighted by Crippen LogP contribution is 2.39. The Labute approximate surface area is 116 Å². The van der Waals surface area contributed by atoms with E-state index in [-0.39, 0.29) is 17.6 Å². The number of hydrogen-bond donors (Lipinski definition) is 2. The molecule has 5 heteroatoms. The summed E-state index contributed by atoms with van der Waals surface area (Å²) in [7, 11) is 0. The topological polar surface area (TPSA) is 75.3 Å². The minimum atomic E-state index is -0.943. The smallest absolute Gasteiger partial charge is 0.337 e. The first-order valence-corrected chi connectivity index (χ1v) is 6.93. The van der Waals surface area contributed by atoms with Crippen LogP contribution in [0.4, 0.5) is 0 Å². The number of aromatic carboxylic acids is 1. The van der Waals surface area contributed by atoms with Gasteiger partial charge in [0.2, 0.25) is 0 Å². The summed E-state index contributed by atoms with van der Waals surface area (Å²) < 4.78 is 1.89. The molecule has 1 heterocycles. The lowest BCUT2D eigenvalue weighted by Crippen LogP contribution is -2.27. The van der Waals surface area contributed by atoms with Gasteiger partial charge in [0.25, 0.3) is 0 Å². The number of aromatic nitrogens is 2. The molecule has 1 aromatic heterocycles. The van der Waals surface area contributed by atoms with Crippen molar-refractivity contribution in [1.82, 2.24) is 9.55 Å². The zero-order valence-electron chi connectivity index (χ0n) is 11.2. The molecule has 0 aliphatic heterocycles. The van der Waals surface area contributed by atoms with Crippen molar-refractivity contribution in [3.8, 4) is 0 Å². The fourth-order valence-electron chi connectivity index (χ4n) is 3.27.